The molecule has 1 aliphatic heterocycles. The maximum absolute atomic E-state index is 13.9. The molecule has 8 heteroatoms. The van der Waals surface area contributed by atoms with E-state index in [1.54, 1.807) is 0 Å². The van der Waals surface area contributed by atoms with Crippen LogP contribution < -0.4 is 10.2 Å². The number of anilines is 1. The molecule has 1 aromatic heterocycles. The molecule has 0 bridgehead atoms. The minimum atomic E-state index is -0.711. The van der Waals surface area contributed by atoms with E-state index in [2.05, 4.69) is 44.4 Å². The summed E-state index contributed by atoms with van der Waals surface area (Å²) >= 11 is 0. The SMILES string of the molecule is O=C(CCc1ncc(-c2ccc(F)cc2F)o1)NCCCN1CCN(c2ccccc2)CC1. The molecule has 6 nitrogen and oxygen atoms in total. The van der Waals surface area contributed by atoms with Crippen LogP contribution in [0.2, 0.25) is 0 Å². The minimum Gasteiger partial charge on any atom is -0.441 e. The number of carbonyl (C=O) groups is 1. The Balaban J connectivity index is 1.12. The van der Waals surface area contributed by atoms with Crippen LogP contribution in [0.1, 0.15) is 18.7 Å². The van der Waals surface area contributed by atoms with E-state index < -0.39 is 11.6 Å². The normalized spacial score (nSPS) is 14.4. The van der Waals surface area contributed by atoms with Gasteiger partial charge in [-0.15, -0.1) is 0 Å². The Kier molecular flexibility index (Phi) is 7.67. The van der Waals surface area contributed by atoms with Gasteiger partial charge in [0.1, 0.15) is 11.6 Å². The number of carbonyl (C=O) groups excluding carboxylic acids is 1. The highest BCUT2D eigenvalue weighted by Crippen LogP contribution is 2.24. The van der Waals surface area contributed by atoms with Crippen LogP contribution in [-0.4, -0.2) is 55.1 Å². The fourth-order valence-electron chi connectivity index (χ4n) is 3.95. The first-order chi connectivity index (χ1) is 16.1. The summed E-state index contributed by atoms with van der Waals surface area (Å²) in [6.07, 6.45) is 2.84. The van der Waals surface area contributed by atoms with Gasteiger partial charge in [0.05, 0.1) is 11.8 Å². The van der Waals surface area contributed by atoms with Gasteiger partial charge in [-0.2, -0.15) is 0 Å². The lowest BCUT2D eigenvalue weighted by Crippen LogP contribution is -2.47. The molecule has 174 valence electrons. The topological polar surface area (TPSA) is 61.6 Å². The summed E-state index contributed by atoms with van der Waals surface area (Å²) in [5.41, 5.74) is 1.41. The first-order valence-electron chi connectivity index (χ1n) is 11.3. The maximum atomic E-state index is 13.9. The number of benzene rings is 2. The Labute approximate surface area is 192 Å². The second-order valence-corrected chi connectivity index (χ2v) is 8.11. The smallest absolute Gasteiger partial charge is 0.220 e. The van der Waals surface area contributed by atoms with E-state index in [0.717, 1.165) is 51.3 Å². The zero-order valence-electron chi connectivity index (χ0n) is 18.5. The number of oxazole rings is 1. The zero-order valence-corrected chi connectivity index (χ0v) is 18.5. The number of para-hydroxylation sites is 1. The third-order valence-corrected chi connectivity index (χ3v) is 5.78. The first-order valence-corrected chi connectivity index (χ1v) is 11.3. The Morgan fingerprint density at radius 3 is 2.61 bits per heavy atom. The molecule has 1 aliphatic rings. The maximum Gasteiger partial charge on any atom is 0.220 e. The van der Waals surface area contributed by atoms with Gasteiger partial charge in [-0.25, -0.2) is 13.8 Å². The van der Waals surface area contributed by atoms with Gasteiger partial charge in [-0.3, -0.25) is 9.69 Å². The monoisotopic (exact) mass is 454 g/mol. The Morgan fingerprint density at radius 1 is 1.06 bits per heavy atom. The van der Waals surface area contributed by atoms with Gasteiger partial charge in [0.2, 0.25) is 5.91 Å². The van der Waals surface area contributed by atoms with Crippen molar-refractivity contribution in [1.82, 2.24) is 15.2 Å². The van der Waals surface area contributed by atoms with E-state index in [-0.39, 0.29) is 23.7 Å². The van der Waals surface area contributed by atoms with Gasteiger partial charge in [-0.1, -0.05) is 18.2 Å². The van der Waals surface area contributed by atoms with Gasteiger partial charge in [0.15, 0.2) is 11.7 Å². The molecule has 0 atom stereocenters. The summed E-state index contributed by atoms with van der Waals surface area (Å²) in [6.45, 7) is 5.63. The molecule has 0 radical (unpaired) electrons. The molecule has 0 saturated carbocycles. The standard InChI is InChI=1S/C25H28F2N4O2/c26-19-7-8-21(22(27)17-19)23-18-29-25(33-23)10-9-24(32)28-11-4-12-30-13-15-31(16-14-30)20-5-2-1-3-6-20/h1-3,5-8,17-18H,4,9-16H2,(H,28,32). The van der Waals surface area contributed by atoms with Crippen molar-refractivity contribution >= 4 is 11.6 Å². The number of rotatable bonds is 9. The van der Waals surface area contributed by atoms with Crippen LogP contribution in [0.4, 0.5) is 14.5 Å². The number of aromatic nitrogens is 1. The van der Waals surface area contributed by atoms with Gasteiger partial charge >= 0.3 is 0 Å². The number of amides is 1. The number of nitrogens with one attached hydrogen (secondary N) is 1. The van der Waals surface area contributed by atoms with Crippen molar-refractivity contribution in [1.29, 1.82) is 0 Å². The molecule has 0 spiro atoms. The summed E-state index contributed by atoms with van der Waals surface area (Å²) in [4.78, 5) is 21.1. The predicted molar refractivity (Wildman–Crippen MR) is 123 cm³/mol. The lowest BCUT2D eigenvalue weighted by Gasteiger charge is -2.36. The molecule has 1 amide bonds. The molecule has 0 aliphatic carbocycles. The number of aryl methyl sites for hydroxylation is 1. The first kappa shape index (κ1) is 22.9. The highest BCUT2D eigenvalue weighted by molar-refractivity contribution is 5.76. The summed E-state index contributed by atoms with van der Waals surface area (Å²) < 4.78 is 32.4. The summed E-state index contributed by atoms with van der Waals surface area (Å²) in [7, 11) is 0. The van der Waals surface area contributed by atoms with Gasteiger partial charge in [0, 0.05) is 57.3 Å². The van der Waals surface area contributed by atoms with Crippen molar-refractivity contribution in [2.45, 2.75) is 19.3 Å². The third-order valence-electron chi connectivity index (χ3n) is 5.78. The predicted octanol–water partition coefficient (Wildman–Crippen LogP) is 3.88. The van der Waals surface area contributed by atoms with Gasteiger partial charge in [0.25, 0.3) is 0 Å². The second-order valence-electron chi connectivity index (χ2n) is 8.11. The molecule has 1 saturated heterocycles. The molecule has 2 aromatic carbocycles. The molecule has 1 fully saturated rings. The fraction of sp³-hybridized carbons (Fsp3) is 0.360. The van der Waals surface area contributed by atoms with Crippen molar-refractivity contribution in [3.05, 3.63) is 72.3 Å². The number of piperazine rings is 1. The van der Waals surface area contributed by atoms with Crippen molar-refractivity contribution < 1.29 is 18.0 Å². The van der Waals surface area contributed by atoms with Crippen LogP contribution in [-0.2, 0) is 11.2 Å². The van der Waals surface area contributed by atoms with Crippen molar-refractivity contribution in [2.75, 3.05) is 44.2 Å². The van der Waals surface area contributed by atoms with E-state index in [0.29, 0.717) is 18.9 Å². The minimum absolute atomic E-state index is 0.0726. The second kappa shape index (κ2) is 11.0. The Morgan fingerprint density at radius 2 is 1.85 bits per heavy atom. The molecule has 3 aromatic rings. The van der Waals surface area contributed by atoms with Crippen LogP contribution in [0, 0.1) is 11.6 Å². The molecule has 1 N–H and O–H groups in total. The Hall–Kier alpha value is -3.26. The lowest BCUT2D eigenvalue weighted by molar-refractivity contribution is -0.121. The third kappa shape index (κ3) is 6.38. The van der Waals surface area contributed by atoms with E-state index in [1.807, 2.05) is 6.07 Å². The molecule has 0 unspecified atom stereocenters. The largest absolute Gasteiger partial charge is 0.441 e. The molecule has 4 rings (SSSR count). The number of hydrogen-bond donors (Lipinski definition) is 1. The molecular weight excluding hydrogens is 426 g/mol. The van der Waals surface area contributed by atoms with Crippen molar-refractivity contribution in [3.8, 4) is 11.3 Å². The Bertz CT molecular complexity index is 1050. The summed E-state index contributed by atoms with van der Waals surface area (Å²) in [5.74, 6) is -0.869. The van der Waals surface area contributed by atoms with Crippen LogP contribution in [0.3, 0.4) is 0 Å². The summed E-state index contributed by atoms with van der Waals surface area (Å²) in [5, 5.41) is 2.93. The quantitative estimate of drug-likeness (QED) is 0.497. The lowest BCUT2D eigenvalue weighted by atomic mass is 10.2. The van der Waals surface area contributed by atoms with Crippen LogP contribution in [0.25, 0.3) is 11.3 Å². The zero-order chi connectivity index (χ0) is 23.0. The van der Waals surface area contributed by atoms with E-state index in [4.69, 9.17) is 4.42 Å². The average Bonchev–Trinajstić information content (AvgIpc) is 3.30. The van der Waals surface area contributed by atoms with Crippen LogP contribution in [0.15, 0.2) is 59.1 Å². The van der Waals surface area contributed by atoms with E-state index in [9.17, 15) is 13.6 Å². The highest BCUT2D eigenvalue weighted by atomic mass is 19.1. The van der Waals surface area contributed by atoms with E-state index in [1.165, 1.54) is 18.0 Å². The number of hydrogen-bond acceptors (Lipinski definition) is 5. The highest BCUT2D eigenvalue weighted by Gasteiger charge is 2.17. The molecular formula is C25H28F2N4O2. The van der Waals surface area contributed by atoms with Gasteiger partial charge < -0.3 is 14.6 Å². The molecule has 2 heterocycles. The van der Waals surface area contributed by atoms with E-state index >= 15 is 0 Å². The number of nitrogens with zero attached hydrogens (tertiary/aromatic N) is 3. The van der Waals surface area contributed by atoms with Gasteiger partial charge in [-0.05, 0) is 37.2 Å². The van der Waals surface area contributed by atoms with Crippen molar-refractivity contribution in [3.63, 3.8) is 0 Å². The molecule has 33 heavy (non-hydrogen) atoms. The summed E-state index contributed by atoms with van der Waals surface area (Å²) in [6, 6.07) is 13.7. The van der Waals surface area contributed by atoms with Crippen molar-refractivity contribution in [2.24, 2.45) is 0 Å². The number of halogens is 2. The van der Waals surface area contributed by atoms with Crippen LogP contribution >= 0.6 is 0 Å². The average molecular weight is 455 g/mol. The van der Waals surface area contributed by atoms with Crippen LogP contribution in [0.5, 0.6) is 0 Å². The fourth-order valence-corrected chi connectivity index (χ4v) is 3.95.